The van der Waals surface area contributed by atoms with E-state index in [1.54, 1.807) is 31.4 Å². The number of hydrogen-bond acceptors (Lipinski definition) is 5. The van der Waals surface area contributed by atoms with Crippen LogP contribution in [0.5, 0.6) is 5.75 Å². The van der Waals surface area contributed by atoms with Crippen LogP contribution in [0, 0.1) is 0 Å². The molecule has 0 unspecified atom stereocenters. The molecular weight excluding hydrogens is 316 g/mol. The summed E-state index contributed by atoms with van der Waals surface area (Å²) in [6.07, 6.45) is 1.40. The van der Waals surface area contributed by atoms with E-state index in [9.17, 15) is 4.79 Å². The second kappa shape index (κ2) is 6.62. The Morgan fingerprint density at radius 2 is 1.96 bits per heavy atom. The van der Waals surface area contributed by atoms with Gasteiger partial charge < -0.3 is 9.47 Å². The van der Waals surface area contributed by atoms with Gasteiger partial charge in [-0.2, -0.15) is 0 Å². The van der Waals surface area contributed by atoms with E-state index >= 15 is 0 Å². The van der Waals surface area contributed by atoms with Gasteiger partial charge in [-0.15, -0.1) is 0 Å². The van der Waals surface area contributed by atoms with Gasteiger partial charge in [0.2, 0.25) is 0 Å². The lowest BCUT2D eigenvalue weighted by atomic mass is 10.2. The molecule has 3 rings (SSSR count). The maximum Gasteiger partial charge on any atom is 0.358 e. The standard InChI is InChI=1S/C17H13ClN2O3/c1-22-16-7-6-12(18)8-11(16)10-23-17(21)15-9-19-13-4-2-3-5-14(13)20-15/h2-9H,10H2,1H3. The molecule has 5 nitrogen and oxygen atoms in total. The van der Waals surface area contributed by atoms with Gasteiger partial charge in [-0.05, 0) is 30.3 Å². The first-order valence-corrected chi connectivity index (χ1v) is 7.26. The number of methoxy groups -OCH3 is 1. The largest absolute Gasteiger partial charge is 0.496 e. The Hall–Kier alpha value is -2.66. The Kier molecular flexibility index (Phi) is 4.39. The minimum absolute atomic E-state index is 0.0388. The molecule has 6 heteroatoms. The molecule has 0 bridgehead atoms. The first kappa shape index (κ1) is 15.2. The summed E-state index contributed by atoms with van der Waals surface area (Å²) < 4.78 is 10.5. The Labute approximate surface area is 137 Å². The van der Waals surface area contributed by atoms with Crippen LogP contribution in [0.15, 0.2) is 48.7 Å². The van der Waals surface area contributed by atoms with E-state index in [4.69, 9.17) is 21.1 Å². The average molecular weight is 329 g/mol. The van der Waals surface area contributed by atoms with Gasteiger partial charge in [-0.3, -0.25) is 4.98 Å². The molecule has 0 atom stereocenters. The van der Waals surface area contributed by atoms with Crippen molar-refractivity contribution in [3.05, 3.63) is 64.9 Å². The van der Waals surface area contributed by atoms with Crippen LogP contribution in [0.4, 0.5) is 0 Å². The minimum Gasteiger partial charge on any atom is -0.496 e. The number of hydrogen-bond donors (Lipinski definition) is 0. The summed E-state index contributed by atoms with van der Waals surface area (Å²) >= 11 is 5.95. The number of para-hydroxylation sites is 2. The average Bonchev–Trinajstić information content (AvgIpc) is 2.59. The van der Waals surface area contributed by atoms with E-state index in [-0.39, 0.29) is 12.3 Å². The first-order chi connectivity index (χ1) is 11.2. The molecule has 1 aromatic heterocycles. The number of carbonyl (C=O) groups is 1. The number of ether oxygens (including phenoxy) is 2. The molecule has 0 amide bonds. The van der Waals surface area contributed by atoms with Crippen molar-refractivity contribution in [2.75, 3.05) is 7.11 Å². The zero-order valence-corrected chi connectivity index (χ0v) is 13.1. The molecule has 0 saturated carbocycles. The lowest BCUT2D eigenvalue weighted by Gasteiger charge is -2.09. The fourth-order valence-electron chi connectivity index (χ4n) is 2.13. The molecule has 0 aliphatic heterocycles. The van der Waals surface area contributed by atoms with Gasteiger partial charge in [-0.25, -0.2) is 9.78 Å². The fourth-order valence-corrected chi connectivity index (χ4v) is 2.33. The van der Waals surface area contributed by atoms with Crippen molar-refractivity contribution < 1.29 is 14.3 Å². The van der Waals surface area contributed by atoms with Crippen LogP contribution in [0.1, 0.15) is 16.1 Å². The summed E-state index contributed by atoms with van der Waals surface area (Å²) in [5, 5.41) is 0.544. The van der Waals surface area contributed by atoms with Gasteiger partial charge in [0.1, 0.15) is 12.4 Å². The quantitative estimate of drug-likeness (QED) is 0.684. The molecule has 0 N–H and O–H groups in total. The highest BCUT2D eigenvalue weighted by molar-refractivity contribution is 6.30. The van der Waals surface area contributed by atoms with Crippen molar-refractivity contribution in [1.82, 2.24) is 9.97 Å². The Bertz CT molecular complexity index is 867. The predicted octanol–water partition coefficient (Wildman–Crippen LogP) is 3.65. The van der Waals surface area contributed by atoms with Crippen molar-refractivity contribution in [3.8, 4) is 5.75 Å². The van der Waals surface area contributed by atoms with Gasteiger partial charge in [0.25, 0.3) is 0 Å². The molecule has 3 aromatic rings. The van der Waals surface area contributed by atoms with Crippen LogP contribution < -0.4 is 4.74 Å². The summed E-state index contributed by atoms with van der Waals surface area (Å²) in [7, 11) is 1.55. The van der Waals surface area contributed by atoms with Crippen LogP contribution in [-0.4, -0.2) is 23.0 Å². The third kappa shape index (κ3) is 3.40. The fraction of sp³-hybridized carbons (Fsp3) is 0.118. The van der Waals surface area contributed by atoms with Gasteiger partial charge >= 0.3 is 5.97 Å². The van der Waals surface area contributed by atoms with Crippen LogP contribution >= 0.6 is 11.6 Å². The Morgan fingerprint density at radius 1 is 1.17 bits per heavy atom. The molecule has 116 valence electrons. The Morgan fingerprint density at radius 3 is 2.74 bits per heavy atom. The third-order valence-corrected chi connectivity index (χ3v) is 3.49. The SMILES string of the molecule is COc1ccc(Cl)cc1COC(=O)c1cnc2ccccc2n1. The van der Waals surface area contributed by atoms with Gasteiger partial charge in [0.15, 0.2) is 5.69 Å². The number of halogens is 1. The normalized spacial score (nSPS) is 10.5. The van der Waals surface area contributed by atoms with Crippen molar-refractivity contribution in [2.45, 2.75) is 6.61 Å². The van der Waals surface area contributed by atoms with E-state index < -0.39 is 5.97 Å². The summed E-state index contributed by atoms with van der Waals surface area (Å²) in [6.45, 7) is 0.0388. The number of benzene rings is 2. The van der Waals surface area contributed by atoms with Gasteiger partial charge in [-0.1, -0.05) is 23.7 Å². The molecule has 0 spiro atoms. The zero-order chi connectivity index (χ0) is 16.2. The van der Waals surface area contributed by atoms with Crippen LogP contribution in [-0.2, 0) is 11.3 Å². The number of fused-ring (bicyclic) bond motifs is 1. The molecule has 1 heterocycles. The number of aromatic nitrogens is 2. The summed E-state index contributed by atoms with van der Waals surface area (Å²) in [5.41, 5.74) is 2.20. The zero-order valence-electron chi connectivity index (χ0n) is 12.3. The molecule has 0 aliphatic carbocycles. The highest BCUT2D eigenvalue weighted by atomic mass is 35.5. The van der Waals surface area contributed by atoms with E-state index in [1.165, 1.54) is 6.20 Å². The third-order valence-electron chi connectivity index (χ3n) is 3.26. The van der Waals surface area contributed by atoms with Gasteiger partial charge in [0.05, 0.1) is 24.3 Å². The van der Waals surface area contributed by atoms with Crippen LogP contribution in [0.3, 0.4) is 0 Å². The highest BCUT2D eigenvalue weighted by Crippen LogP contribution is 2.23. The first-order valence-electron chi connectivity index (χ1n) is 6.88. The van der Waals surface area contributed by atoms with E-state index in [1.807, 2.05) is 18.2 Å². The van der Waals surface area contributed by atoms with E-state index in [0.717, 1.165) is 5.52 Å². The van der Waals surface area contributed by atoms with E-state index in [2.05, 4.69) is 9.97 Å². The number of nitrogens with zero attached hydrogens (tertiary/aromatic N) is 2. The molecule has 2 aromatic carbocycles. The van der Waals surface area contributed by atoms with Crippen molar-refractivity contribution in [1.29, 1.82) is 0 Å². The number of rotatable bonds is 4. The van der Waals surface area contributed by atoms with Crippen molar-refractivity contribution in [3.63, 3.8) is 0 Å². The van der Waals surface area contributed by atoms with Crippen LogP contribution in [0.2, 0.25) is 5.02 Å². The smallest absolute Gasteiger partial charge is 0.358 e. The van der Waals surface area contributed by atoms with Crippen molar-refractivity contribution >= 4 is 28.6 Å². The number of esters is 1. The highest BCUT2D eigenvalue weighted by Gasteiger charge is 2.13. The summed E-state index contributed by atoms with van der Waals surface area (Å²) in [4.78, 5) is 20.6. The lowest BCUT2D eigenvalue weighted by Crippen LogP contribution is -2.08. The molecule has 23 heavy (non-hydrogen) atoms. The molecule has 0 aliphatic rings. The number of carbonyl (C=O) groups excluding carboxylic acids is 1. The maximum atomic E-state index is 12.1. The maximum absolute atomic E-state index is 12.1. The topological polar surface area (TPSA) is 61.3 Å². The van der Waals surface area contributed by atoms with Crippen LogP contribution in [0.25, 0.3) is 11.0 Å². The Balaban J connectivity index is 1.77. The molecular formula is C17H13ClN2O3. The second-order valence-electron chi connectivity index (χ2n) is 4.78. The van der Waals surface area contributed by atoms with E-state index in [0.29, 0.717) is 21.9 Å². The predicted molar refractivity (Wildman–Crippen MR) is 86.7 cm³/mol. The summed E-state index contributed by atoms with van der Waals surface area (Å²) in [6, 6.07) is 12.4. The molecule has 0 saturated heterocycles. The summed E-state index contributed by atoms with van der Waals surface area (Å²) in [5.74, 6) is 0.0528. The lowest BCUT2D eigenvalue weighted by molar-refractivity contribution is 0.0463. The monoisotopic (exact) mass is 328 g/mol. The van der Waals surface area contributed by atoms with Crippen molar-refractivity contribution in [2.24, 2.45) is 0 Å². The minimum atomic E-state index is -0.551. The van der Waals surface area contributed by atoms with Gasteiger partial charge in [0, 0.05) is 10.6 Å². The molecule has 0 radical (unpaired) electrons. The second-order valence-corrected chi connectivity index (χ2v) is 5.21. The molecule has 0 fully saturated rings.